The van der Waals surface area contributed by atoms with Gasteiger partial charge in [0.1, 0.15) is 0 Å². The first-order valence-corrected chi connectivity index (χ1v) is 5.37. The van der Waals surface area contributed by atoms with Gasteiger partial charge in [-0.1, -0.05) is 0 Å². The summed E-state index contributed by atoms with van der Waals surface area (Å²) in [5.74, 6) is 0. The zero-order valence-electron chi connectivity index (χ0n) is 4.83. The third kappa shape index (κ3) is 25.7. The molecule has 0 heterocycles. The second-order valence-electron chi connectivity index (χ2n) is 2.68. The van der Waals surface area contributed by atoms with Crippen molar-refractivity contribution in [3.8, 4) is 0 Å². The normalized spacial score (nSPS) is 10.7. The number of hydrogen-bond donors (Lipinski definition) is 0. The van der Waals surface area contributed by atoms with Gasteiger partial charge in [-0.3, -0.25) is 0 Å². The van der Waals surface area contributed by atoms with Crippen LogP contribution < -0.4 is 24.0 Å². The second kappa shape index (κ2) is 5.34. The van der Waals surface area contributed by atoms with E-state index >= 15 is 0 Å². The third-order valence-corrected chi connectivity index (χ3v) is 0. The fourth-order valence-corrected chi connectivity index (χ4v) is 0. The molecule has 0 aromatic carbocycles. The molecule has 0 aromatic rings. The molecule has 0 aliphatic heterocycles. The van der Waals surface area contributed by atoms with E-state index in [4.69, 9.17) is 0 Å². The van der Waals surface area contributed by atoms with Gasteiger partial charge in [-0.25, -0.2) is 0 Å². The molecule has 0 rings (SSSR count). The van der Waals surface area contributed by atoms with E-state index in [1.165, 1.54) is 0 Å². The van der Waals surface area contributed by atoms with Crippen LogP contribution in [-0.2, 0) is 0 Å². The predicted molar refractivity (Wildman–Crippen MR) is 29.9 cm³/mol. The first-order valence-electron chi connectivity index (χ1n) is 1.79. The third-order valence-electron chi connectivity index (χ3n) is 0. The van der Waals surface area contributed by atoms with Crippen molar-refractivity contribution >= 4 is 69.9 Å². The van der Waals surface area contributed by atoms with Gasteiger partial charge in [0.25, 0.3) is 0 Å². The SMILES string of the molecule is [I-].[Li][P+]([Li])([Li])[Li]. The molecule has 0 fully saturated rings. The Morgan fingerprint density at radius 2 is 0.833 bits per heavy atom. The van der Waals surface area contributed by atoms with Crippen LogP contribution >= 0.6 is 0.960 Å². The number of rotatable bonds is 0. The minimum absolute atomic E-state index is 0. The molecular formula is ILi4P. The molecule has 0 spiro atoms. The van der Waals surface area contributed by atoms with E-state index < -0.39 is 0 Å². The standard InChI is InChI=1S/HI.4Li.P/h1H;;;;;/q;;;;;+1/p-1. The number of halogens is 1. The average Bonchev–Trinajstić information content (AvgIpc) is 0.722. The number of hydrogen-bond acceptors (Lipinski definition) is 0. The van der Waals surface area contributed by atoms with Crippen molar-refractivity contribution in [3.05, 3.63) is 0 Å². The molecule has 0 aliphatic rings. The molecule has 0 N–H and O–H groups in total. The van der Waals surface area contributed by atoms with Gasteiger partial charge in [-0.05, 0) is 0 Å². The van der Waals surface area contributed by atoms with Crippen LogP contribution in [0.25, 0.3) is 0 Å². The van der Waals surface area contributed by atoms with Crippen LogP contribution in [0.2, 0.25) is 0 Å². The van der Waals surface area contributed by atoms with Crippen LogP contribution in [0.5, 0.6) is 0 Å². The topological polar surface area (TPSA) is 0 Å². The van der Waals surface area contributed by atoms with Crippen molar-refractivity contribution in [2.45, 2.75) is 0 Å². The molecule has 6 heteroatoms. The molecule has 0 amide bonds. The van der Waals surface area contributed by atoms with E-state index in [1.54, 1.807) is 0 Å². The maximum atomic E-state index is 2.30. The molecule has 16 valence electrons. The zero-order valence-corrected chi connectivity index (χ0v) is 7.88. The Labute approximate surface area is 92.0 Å². The Morgan fingerprint density at radius 3 is 0.833 bits per heavy atom. The molecule has 0 unspecified atom stereocenters. The van der Waals surface area contributed by atoms with Crippen molar-refractivity contribution in [2.24, 2.45) is 0 Å². The van der Waals surface area contributed by atoms with Gasteiger partial charge in [-0.15, -0.1) is 0 Å². The van der Waals surface area contributed by atoms with Crippen molar-refractivity contribution in [1.82, 2.24) is 0 Å². The van der Waals surface area contributed by atoms with E-state index in [9.17, 15) is 0 Å². The molecule has 0 bridgehead atoms. The van der Waals surface area contributed by atoms with Crippen LogP contribution in [0, 0.1) is 0 Å². The minimum atomic E-state index is -0.389. The predicted octanol–water partition coefficient (Wildman–Crippen LogP) is -3.66. The maximum absolute atomic E-state index is 2.30. The van der Waals surface area contributed by atoms with Gasteiger partial charge in [0.15, 0.2) is 0 Å². The molecular weight excluding hydrogens is 186 g/mol. The van der Waals surface area contributed by atoms with E-state index in [2.05, 4.69) is 69.0 Å². The molecule has 0 nitrogen and oxygen atoms in total. The quantitative estimate of drug-likeness (QED) is 0.207. The fraction of sp³-hybridized carbons (Fsp3) is 0. The van der Waals surface area contributed by atoms with Gasteiger partial charge in [-0.2, -0.15) is 0 Å². The summed E-state index contributed by atoms with van der Waals surface area (Å²) in [6.07, 6.45) is 0. The Bertz CT molecular complexity index is 23.0. The van der Waals surface area contributed by atoms with Crippen LogP contribution in [0.4, 0.5) is 0 Å². The fourth-order valence-electron chi connectivity index (χ4n) is 0. The summed E-state index contributed by atoms with van der Waals surface area (Å²) in [6.45, 7) is 0. The summed E-state index contributed by atoms with van der Waals surface area (Å²) in [4.78, 5) is 0. The van der Waals surface area contributed by atoms with Gasteiger partial charge in [0, 0.05) is 0 Å². The molecule has 0 atom stereocenters. The van der Waals surface area contributed by atoms with Crippen molar-refractivity contribution in [1.29, 1.82) is 0 Å². The first kappa shape index (κ1) is 12.2. The summed E-state index contributed by atoms with van der Waals surface area (Å²) >= 11 is 9.19. The molecule has 0 radical (unpaired) electrons. The van der Waals surface area contributed by atoms with Gasteiger partial charge < -0.3 is 24.0 Å². The van der Waals surface area contributed by atoms with Crippen LogP contribution in [0.15, 0.2) is 0 Å². The molecule has 0 aliphatic carbocycles. The summed E-state index contributed by atoms with van der Waals surface area (Å²) < 4.78 is -0.389. The van der Waals surface area contributed by atoms with Crippen LogP contribution in [-0.4, -0.2) is 69.0 Å². The van der Waals surface area contributed by atoms with Crippen LogP contribution in [0.1, 0.15) is 0 Å². The molecule has 0 aromatic heterocycles. The van der Waals surface area contributed by atoms with E-state index in [0.29, 0.717) is 0 Å². The monoisotopic (exact) mass is 186 g/mol. The first-order chi connectivity index (χ1) is 2.00. The van der Waals surface area contributed by atoms with Crippen LogP contribution in [0.3, 0.4) is 0 Å². The zero-order chi connectivity index (χ0) is 4.50. The Kier molecular flexibility index (Phi) is 10.9. The molecule has 0 saturated heterocycles. The van der Waals surface area contributed by atoms with Gasteiger partial charge >= 0.3 is 69.9 Å². The Morgan fingerprint density at radius 1 is 0.833 bits per heavy atom. The molecule has 0 saturated carbocycles. The second-order valence-corrected chi connectivity index (χ2v) is 8.05. The van der Waals surface area contributed by atoms with E-state index in [-0.39, 0.29) is 24.9 Å². The van der Waals surface area contributed by atoms with E-state index in [0.717, 1.165) is 0 Å². The van der Waals surface area contributed by atoms with E-state index in [1.807, 2.05) is 0 Å². The van der Waals surface area contributed by atoms with Gasteiger partial charge in [0.2, 0.25) is 0 Å². The molecule has 6 heavy (non-hydrogen) atoms. The summed E-state index contributed by atoms with van der Waals surface area (Å²) in [6, 6.07) is 0. The van der Waals surface area contributed by atoms with Crippen molar-refractivity contribution in [2.75, 3.05) is 0 Å². The summed E-state index contributed by atoms with van der Waals surface area (Å²) in [7, 11) is 0. The van der Waals surface area contributed by atoms with Crippen molar-refractivity contribution < 1.29 is 24.0 Å². The Hall–Kier alpha value is 3.55. The Balaban J connectivity index is 0. The van der Waals surface area contributed by atoms with Crippen molar-refractivity contribution in [3.63, 3.8) is 0 Å². The summed E-state index contributed by atoms with van der Waals surface area (Å²) in [5, 5.41) is 0. The summed E-state index contributed by atoms with van der Waals surface area (Å²) in [5.41, 5.74) is 0. The van der Waals surface area contributed by atoms with Gasteiger partial charge in [0.05, 0.1) is 0 Å². The average molecular weight is 186 g/mol.